The van der Waals surface area contributed by atoms with Crippen LogP contribution in [0.5, 0.6) is 5.75 Å². The fourth-order valence-corrected chi connectivity index (χ4v) is 1.66. The Balaban J connectivity index is 3.03. The van der Waals surface area contributed by atoms with Crippen LogP contribution in [0.2, 0.25) is 0 Å². The highest BCUT2D eigenvalue weighted by atomic mass is 19.4. The van der Waals surface area contributed by atoms with E-state index in [4.69, 9.17) is 10.5 Å². The predicted molar refractivity (Wildman–Crippen MR) is 69.1 cm³/mol. The molecule has 0 aliphatic carbocycles. The molecule has 0 spiro atoms. The molecule has 0 fully saturated rings. The Bertz CT molecular complexity index is 439. The lowest BCUT2D eigenvalue weighted by Gasteiger charge is -2.15. The van der Waals surface area contributed by atoms with Gasteiger partial charge in [0.1, 0.15) is 12.4 Å². The SMILES string of the molecule is CC=CCOc1ccc(CC(C)N)cc1C(F)(F)F. The lowest BCUT2D eigenvalue weighted by atomic mass is 10.0. The molecule has 5 heteroatoms. The van der Waals surface area contributed by atoms with E-state index in [0.717, 1.165) is 6.07 Å². The van der Waals surface area contributed by atoms with Gasteiger partial charge >= 0.3 is 6.18 Å². The van der Waals surface area contributed by atoms with Crippen molar-refractivity contribution in [2.75, 3.05) is 6.61 Å². The van der Waals surface area contributed by atoms with Crippen LogP contribution < -0.4 is 10.5 Å². The molecule has 1 aromatic rings. The van der Waals surface area contributed by atoms with Crippen molar-refractivity contribution in [3.8, 4) is 5.75 Å². The van der Waals surface area contributed by atoms with Crippen molar-refractivity contribution < 1.29 is 17.9 Å². The molecule has 0 heterocycles. The summed E-state index contributed by atoms with van der Waals surface area (Å²) < 4.78 is 44.0. The van der Waals surface area contributed by atoms with Gasteiger partial charge in [0.2, 0.25) is 0 Å². The minimum Gasteiger partial charge on any atom is -0.489 e. The van der Waals surface area contributed by atoms with E-state index >= 15 is 0 Å². The molecule has 0 saturated heterocycles. The Hall–Kier alpha value is -1.49. The van der Waals surface area contributed by atoms with Gasteiger partial charge in [-0.05, 0) is 38.0 Å². The Labute approximate surface area is 111 Å². The molecule has 2 nitrogen and oxygen atoms in total. The van der Waals surface area contributed by atoms with Gasteiger partial charge in [0.05, 0.1) is 5.56 Å². The third-order valence-corrected chi connectivity index (χ3v) is 2.48. The Morgan fingerprint density at radius 1 is 1.37 bits per heavy atom. The summed E-state index contributed by atoms with van der Waals surface area (Å²) in [4.78, 5) is 0. The van der Waals surface area contributed by atoms with E-state index in [2.05, 4.69) is 0 Å². The summed E-state index contributed by atoms with van der Waals surface area (Å²) >= 11 is 0. The fourth-order valence-electron chi connectivity index (χ4n) is 1.66. The number of rotatable bonds is 5. The molecule has 0 saturated carbocycles. The number of ether oxygens (including phenoxy) is 1. The minimum atomic E-state index is -4.43. The first kappa shape index (κ1) is 15.6. The number of hydrogen-bond donors (Lipinski definition) is 1. The molecule has 0 aliphatic rings. The van der Waals surface area contributed by atoms with Crippen molar-refractivity contribution in [1.82, 2.24) is 0 Å². The summed E-state index contributed by atoms with van der Waals surface area (Å²) in [5.41, 5.74) is 5.40. The van der Waals surface area contributed by atoms with Crippen LogP contribution in [-0.4, -0.2) is 12.6 Å². The molecule has 0 radical (unpaired) electrons. The number of halogens is 3. The molecule has 1 rings (SSSR count). The normalized spacial score (nSPS) is 13.8. The molecule has 2 N–H and O–H groups in total. The summed E-state index contributed by atoms with van der Waals surface area (Å²) in [5.74, 6) is -0.154. The van der Waals surface area contributed by atoms with Crippen molar-refractivity contribution >= 4 is 0 Å². The van der Waals surface area contributed by atoms with Gasteiger partial charge in [-0.2, -0.15) is 13.2 Å². The first-order valence-corrected chi connectivity index (χ1v) is 6.04. The second-order valence-corrected chi connectivity index (χ2v) is 4.39. The quantitative estimate of drug-likeness (QED) is 0.833. The van der Waals surface area contributed by atoms with Crippen LogP contribution in [0.25, 0.3) is 0 Å². The smallest absolute Gasteiger partial charge is 0.419 e. The average molecular weight is 273 g/mol. The Morgan fingerprint density at radius 2 is 2.05 bits per heavy atom. The second-order valence-electron chi connectivity index (χ2n) is 4.39. The molecule has 0 aromatic heterocycles. The fraction of sp³-hybridized carbons (Fsp3) is 0.429. The molecule has 1 unspecified atom stereocenters. The maximum absolute atomic E-state index is 12.9. The second kappa shape index (κ2) is 6.61. The summed E-state index contributed by atoms with van der Waals surface area (Å²) in [6, 6.07) is 3.89. The van der Waals surface area contributed by atoms with Gasteiger partial charge in [0.25, 0.3) is 0 Å². The average Bonchev–Trinajstić information content (AvgIpc) is 2.29. The number of benzene rings is 1. The van der Waals surface area contributed by atoms with Gasteiger partial charge in [0.15, 0.2) is 0 Å². The maximum atomic E-state index is 12.9. The minimum absolute atomic E-state index is 0.117. The van der Waals surface area contributed by atoms with Crippen molar-refractivity contribution in [1.29, 1.82) is 0 Å². The summed E-state index contributed by atoms with van der Waals surface area (Å²) in [5, 5.41) is 0. The monoisotopic (exact) mass is 273 g/mol. The summed E-state index contributed by atoms with van der Waals surface area (Å²) in [6.45, 7) is 3.65. The predicted octanol–water partition coefficient (Wildman–Crippen LogP) is 3.55. The topological polar surface area (TPSA) is 35.2 Å². The molecule has 1 aromatic carbocycles. The van der Waals surface area contributed by atoms with Crippen LogP contribution in [0.15, 0.2) is 30.4 Å². The standard InChI is InChI=1S/C14H18F3NO/c1-3-4-7-19-13-6-5-11(8-10(2)18)9-12(13)14(15,16)17/h3-6,9-10H,7-8,18H2,1-2H3. The zero-order valence-electron chi connectivity index (χ0n) is 11.0. The highest BCUT2D eigenvalue weighted by molar-refractivity contribution is 5.39. The van der Waals surface area contributed by atoms with Gasteiger partial charge in [0, 0.05) is 6.04 Å². The van der Waals surface area contributed by atoms with Crippen LogP contribution in [0.1, 0.15) is 25.0 Å². The highest BCUT2D eigenvalue weighted by Gasteiger charge is 2.34. The van der Waals surface area contributed by atoms with E-state index < -0.39 is 11.7 Å². The molecule has 0 aliphatic heterocycles. The van der Waals surface area contributed by atoms with E-state index in [-0.39, 0.29) is 18.4 Å². The van der Waals surface area contributed by atoms with Gasteiger partial charge in [-0.25, -0.2) is 0 Å². The van der Waals surface area contributed by atoms with E-state index in [0.29, 0.717) is 12.0 Å². The van der Waals surface area contributed by atoms with Crippen molar-refractivity contribution in [2.45, 2.75) is 32.5 Å². The molecular weight excluding hydrogens is 255 g/mol. The number of nitrogens with two attached hydrogens (primary N) is 1. The zero-order chi connectivity index (χ0) is 14.5. The van der Waals surface area contributed by atoms with Crippen molar-refractivity contribution in [3.63, 3.8) is 0 Å². The maximum Gasteiger partial charge on any atom is 0.419 e. The third kappa shape index (κ3) is 4.95. The van der Waals surface area contributed by atoms with Crippen LogP contribution >= 0.6 is 0 Å². The van der Waals surface area contributed by atoms with E-state index in [1.807, 2.05) is 0 Å². The van der Waals surface area contributed by atoms with Crippen molar-refractivity contribution in [3.05, 3.63) is 41.5 Å². The summed E-state index contributed by atoms with van der Waals surface area (Å²) in [6.07, 6.45) is -0.662. The van der Waals surface area contributed by atoms with Crippen LogP contribution in [0.3, 0.4) is 0 Å². The Morgan fingerprint density at radius 3 is 2.58 bits per heavy atom. The van der Waals surface area contributed by atoms with E-state index in [9.17, 15) is 13.2 Å². The highest BCUT2D eigenvalue weighted by Crippen LogP contribution is 2.37. The lowest BCUT2D eigenvalue weighted by molar-refractivity contribution is -0.138. The number of alkyl halides is 3. The first-order valence-electron chi connectivity index (χ1n) is 6.04. The van der Waals surface area contributed by atoms with Crippen LogP contribution in [0.4, 0.5) is 13.2 Å². The van der Waals surface area contributed by atoms with Crippen LogP contribution in [-0.2, 0) is 12.6 Å². The molecule has 0 amide bonds. The summed E-state index contributed by atoms with van der Waals surface area (Å²) in [7, 11) is 0. The zero-order valence-corrected chi connectivity index (χ0v) is 11.0. The molecule has 19 heavy (non-hydrogen) atoms. The van der Waals surface area contributed by atoms with E-state index in [1.165, 1.54) is 6.07 Å². The van der Waals surface area contributed by atoms with E-state index in [1.54, 1.807) is 32.1 Å². The van der Waals surface area contributed by atoms with Gasteiger partial charge < -0.3 is 10.5 Å². The third-order valence-electron chi connectivity index (χ3n) is 2.48. The Kier molecular flexibility index (Phi) is 5.42. The first-order chi connectivity index (χ1) is 8.84. The lowest BCUT2D eigenvalue weighted by Crippen LogP contribution is -2.18. The number of allylic oxidation sites excluding steroid dienone is 1. The molecule has 106 valence electrons. The molecular formula is C14H18F3NO. The van der Waals surface area contributed by atoms with Gasteiger partial charge in [-0.3, -0.25) is 0 Å². The van der Waals surface area contributed by atoms with Gasteiger partial charge in [-0.15, -0.1) is 0 Å². The molecule has 0 bridgehead atoms. The van der Waals surface area contributed by atoms with Gasteiger partial charge in [-0.1, -0.05) is 18.2 Å². The number of hydrogen-bond acceptors (Lipinski definition) is 2. The largest absolute Gasteiger partial charge is 0.489 e. The van der Waals surface area contributed by atoms with Crippen molar-refractivity contribution in [2.24, 2.45) is 5.73 Å². The molecule has 1 atom stereocenters. The van der Waals surface area contributed by atoms with Crippen LogP contribution in [0, 0.1) is 0 Å².